The smallest absolute Gasteiger partial charge is 0.150 e. The summed E-state index contributed by atoms with van der Waals surface area (Å²) >= 11 is 3.41. The monoisotopic (exact) mass is 318 g/mol. The predicted octanol–water partition coefficient (Wildman–Crippen LogP) is 4.46. The number of rotatable bonds is 4. The molecule has 0 aliphatic carbocycles. The molecular weight excluding hydrogens is 304 g/mol. The Balaban J connectivity index is 2.12. The zero-order valence-electron chi connectivity index (χ0n) is 10.9. The minimum atomic E-state index is 0.515. The molecule has 0 fully saturated rings. The summed E-state index contributed by atoms with van der Waals surface area (Å²) in [6.45, 7) is 4.66. The Bertz CT molecular complexity index is 585. The van der Waals surface area contributed by atoms with Crippen molar-refractivity contribution in [2.45, 2.75) is 20.5 Å². The molecule has 0 saturated heterocycles. The molecule has 0 N–H and O–H groups in total. The van der Waals surface area contributed by atoms with Crippen molar-refractivity contribution in [3.05, 3.63) is 63.1 Å². The third-order valence-electron chi connectivity index (χ3n) is 2.77. The molecule has 2 nitrogen and oxygen atoms in total. The highest BCUT2D eigenvalue weighted by Gasteiger charge is 2.03. The average Bonchev–Trinajstić information content (AvgIpc) is 2.36. The van der Waals surface area contributed by atoms with Crippen molar-refractivity contribution in [1.29, 1.82) is 0 Å². The number of benzene rings is 2. The van der Waals surface area contributed by atoms with Crippen molar-refractivity contribution in [1.82, 2.24) is 0 Å². The molecule has 0 aromatic heterocycles. The molecule has 98 valence electrons. The van der Waals surface area contributed by atoms with Gasteiger partial charge in [0.15, 0.2) is 0 Å². The fourth-order valence-electron chi connectivity index (χ4n) is 2.02. The lowest BCUT2D eigenvalue weighted by molar-refractivity contribution is 0.112. The first-order chi connectivity index (χ1) is 9.08. The van der Waals surface area contributed by atoms with E-state index in [0.29, 0.717) is 12.2 Å². The van der Waals surface area contributed by atoms with Crippen LogP contribution in [0.2, 0.25) is 0 Å². The van der Waals surface area contributed by atoms with E-state index in [4.69, 9.17) is 4.74 Å². The standard InChI is InChI=1S/C16H15BrO2/c1-11-5-12(2)7-14(6-11)10-19-16-4-3-13(9-18)8-15(16)17/h3-9H,10H2,1-2H3. The molecule has 0 heterocycles. The minimum absolute atomic E-state index is 0.515. The second-order valence-corrected chi connectivity index (χ2v) is 5.45. The van der Waals surface area contributed by atoms with Crippen molar-refractivity contribution >= 4 is 22.2 Å². The van der Waals surface area contributed by atoms with Gasteiger partial charge in [-0.25, -0.2) is 0 Å². The van der Waals surface area contributed by atoms with Crippen LogP contribution < -0.4 is 4.74 Å². The van der Waals surface area contributed by atoms with Gasteiger partial charge in [-0.1, -0.05) is 29.3 Å². The van der Waals surface area contributed by atoms with E-state index >= 15 is 0 Å². The molecule has 0 aliphatic heterocycles. The van der Waals surface area contributed by atoms with Crippen molar-refractivity contribution in [2.75, 3.05) is 0 Å². The highest BCUT2D eigenvalue weighted by atomic mass is 79.9. The number of carbonyl (C=O) groups excluding carboxylic acids is 1. The van der Waals surface area contributed by atoms with Gasteiger partial charge in [0, 0.05) is 5.56 Å². The summed E-state index contributed by atoms with van der Waals surface area (Å²) in [4.78, 5) is 10.7. The number of ether oxygens (including phenoxy) is 1. The molecule has 2 aromatic carbocycles. The van der Waals surface area contributed by atoms with Crippen LogP contribution in [0.15, 0.2) is 40.9 Å². The molecule has 0 spiro atoms. The van der Waals surface area contributed by atoms with Gasteiger partial charge >= 0.3 is 0 Å². The van der Waals surface area contributed by atoms with E-state index < -0.39 is 0 Å². The van der Waals surface area contributed by atoms with Crippen LogP contribution in [0.4, 0.5) is 0 Å². The second-order valence-electron chi connectivity index (χ2n) is 4.59. The Kier molecular flexibility index (Phi) is 4.38. The largest absolute Gasteiger partial charge is 0.488 e. The van der Waals surface area contributed by atoms with Crippen LogP contribution in [-0.4, -0.2) is 6.29 Å². The Hall–Kier alpha value is -1.61. The van der Waals surface area contributed by atoms with Gasteiger partial charge in [0.05, 0.1) is 4.47 Å². The SMILES string of the molecule is Cc1cc(C)cc(COc2ccc(C=O)cc2Br)c1. The van der Waals surface area contributed by atoms with Crippen LogP contribution in [0.3, 0.4) is 0 Å². The normalized spacial score (nSPS) is 10.3. The predicted molar refractivity (Wildman–Crippen MR) is 79.8 cm³/mol. The topological polar surface area (TPSA) is 26.3 Å². The third-order valence-corrected chi connectivity index (χ3v) is 3.39. The Morgan fingerprint density at radius 1 is 1.11 bits per heavy atom. The Morgan fingerprint density at radius 3 is 2.37 bits per heavy atom. The zero-order chi connectivity index (χ0) is 13.8. The zero-order valence-corrected chi connectivity index (χ0v) is 12.5. The number of hydrogen-bond acceptors (Lipinski definition) is 2. The van der Waals surface area contributed by atoms with E-state index in [1.54, 1.807) is 18.2 Å². The Labute approximate surface area is 121 Å². The summed E-state index contributed by atoms with van der Waals surface area (Å²) in [5.41, 5.74) is 4.23. The van der Waals surface area contributed by atoms with Crippen molar-refractivity contribution in [3.8, 4) is 5.75 Å². The molecular formula is C16H15BrO2. The van der Waals surface area contributed by atoms with Gasteiger partial charge in [0.2, 0.25) is 0 Å². The first-order valence-corrected chi connectivity index (χ1v) is 6.82. The van der Waals surface area contributed by atoms with E-state index in [1.165, 1.54) is 11.1 Å². The molecule has 0 aliphatic rings. The molecule has 19 heavy (non-hydrogen) atoms. The van der Waals surface area contributed by atoms with Crippen LogP contribution >= 0.6 is 15.9 Å². The van der Waals surface area contributed by atoms with E-state index in [9.17, 15) is 4.79 Å². The lowest BCUT2D eigenvalue weighted by Crippen LogP contribution is -1.97. The minimum Gasteiger partial charge on any atom is -0.488 e. The van der Waals surface area contributed by atoms with Crippen molar-refractivity contribution < 1.29 is 9.53 Å². The molecule has 3 heteroatoms. The van der Waals surface area contributed by atoms with Crippen molar-refractivity contribution in [3.63, 3.8) is 0 Å². The van der Waals surface area contributed by atoms with Gasteiger partial charge in [-0.05, 0) is 53.5 Å². The van der Waals surface area contributed by atoms with E-state index in [0.717, 1.165) is 22.1 Å². The quantitative estimate of drug-likeness (QED) is 0.778. The number of aryl methyl sites for hydroxylation is 2. The van der Waals surface area contributed by atoms with Crippen molar-refractivity contribution in [2.24, 2.45) is 0 Å². The van der Waals surface area contributed by atoms with Gasteiger partial charge in [0.25, 0.3) is 0 Å². The molecule has 0 saturated carbocycles. The highest BCUT2D eigenvalue weighted by Crippen LogP contribution is 2.26. The number of halogens is 1. The average molecular weight is 319 g/mol. The van der Waals surface area contributed by atoms with Crippen LogP contribution in [0.1, 0.15) is 27.0 Å². The Morgan fingerprint density at radius 2 is 1.79 bits per heavy atom. The second kappa shape index (κ2) is 6.02. The maximum Gasteiger partial charge on any atom is 0.150 e. The van der Waals surface area contributed by atoms with Gasteiger partial charge < -0.3 is 4.74 Å². The maximum absolute atomic E-state index is 10.7. The summed E-state index contributed by atoms with van der Waals surface area (Å²) in [6, 6.07) is 11.7. The third kappa shape index (κ3) is 3.67. The van der Waals surface area contributed by atoms with E-state index in [2.05, 4.69) is 48.0 Å². The fourth-order valence-corrected chi connectivity index (χ4v) is 2.53. The molecule has 0 unspecified atom stereocenters. The van der Waals surface area contributed by atoms with Crippen LogP contribution in [0, 0.1) is 13.8 Å². The number of aldehydes is 1. The lowest BCUT2D eigenvalue weighted by atomic mass is 10.1. The van der Waals surface area contributed by atoms with Crippen LogP contribution in [0.25, 0.3) is 0 Å². The first kappa shape index (κ1) is 13.8. The van der Waals surface area contributed by atoms with Gasteiger partial charge in [-0.15, -0.1) is 0 Å². The number of carbonyl (C=O) groups is 1. The van der Waals surface area contributed by atoms with Crippen LogP contribution in [-0.2, 0) is 6.61 Å². The maximum atomic E-state index is 10.7. The fraction of sp³-hybridized carbons (Fsp3) is 0.188. The molecule has 2 rings (SSSR count). The molecule has 0 atom stereocenters. The van der Waals surface area contributed by atoms with Gasteiger partial charge in [-0.3, -0.25) is 4.79 Å². The molecule has 0 radical (unpaired) electrons. The van der Waals surface area contributed by atoms with Gasteiger partial charge in [-0.2, -0.15) is 0 Å². The summed E-state index contributed by atoms with van der Waals surface area (Å²) < 4.78 is 6.56. The van der Waals surface area contributed by atoms with Crippen LogP contribution in [0.5, 0.6) is 5.75 Å². The highest BCUT2D eigenvalue weighted by molar-refractivity contribution is 9.10. The summed E-state index contributed by atoms with van der Waals surface area (Å²) in [6.07, 6.45) is 0.818. The number of hydrogen-bond donors (Lipinski definition) is 0. The summed E-state index contributed by atoms with van der Waals surface area (Å²) in [5, 5.41) is 0. The molecule has 2 aromatic rings. The summed E-state index contributed by atoms with van der Waals surface area (Å²) in [5.74, 6) is 0.741. The molecule has 0 bridgehead atoms. The van der Waals surface area contributed by atoms with Gasteiger partial charge in [0.1, 0.15) is 18.6 Å². The first-order valence-electron chi connectivity index (χ1n) is 6.03. The summed E-state index contributed by atoms with van der Waals surface area (Å²) in [7, 11) is 0. The van der Waals surface area contributed by atoms with E-state index in [1.807, 2.05) is 0 Å². The van der Waals surface area contributed by atoms with E-state index in [-0.39, 0.29) is 0 Å². The molecule has 0 amide bonds. The lowest BCUT2D eigenvalue weighted by Gasteiger charge is -2.10.